The van der Waals surface area contributed by atoms with Gasteiger partial charge in [-0.3, -0.25) is 14.6 Å². The summed E-state index contributed by atoms with van der Waals surface area (Å²) in [7, 11) is 1.66. The Kier molecular flexibility index (Phi) is 8.39. The number of rotatable bonds is 7. The molecule has 1 aliphatic rings. The Bertz CT molecular complexity index is 1140. The number of benzene rings is 3. The highest BCUT2D eigenvalue weighted by molar-refractivity contribution is 6.04. The van der Waals surface area contributed by atoms with Crippen LogP contribution in [0.3, 0.4) is 0 Å². The molecule has 0 aliphatic carbocycles. The molecule has 1 fully saturated rings. The molecule has 188 valence electrons. The van der Waals surface area contributed by atoms with E-state index in [0.29, 0.717) is 29.1 Å². The van der Waals surface area contributed by atoms with Gasteiger partial charge < -0.3 is 10.1 Å². The first kappa shape index (κ1) is 25.5. The number of carbonyl (C=O) groups is 2. The van der Waals surface area contributed by atoms with E-state index in [9.17, 15) is 9.59 Å². The Morgan fingerprint density at radius 1 is 0.917 bits per heavy atom. The predicted octanol–water partition coefficient (Wildman–Crippen LogP) is 6.38. The summed E-state index contributed by atoms with van der Waals surface area (Å²) in [6, 6.07) is 25.2. The fourth-order valence-electron chi connectivity index (χ4n) is 4.73. The summed E-state index contributed by atoms with van der Waals surface area (Å²) in [5, 5.41) is 2.90. The second-order valence-electron chi connectivity index (χ2n) is 9.55. The van der Waals surface area contributed by atoms with E-state index in [1.165, 1.54) is 29.7 Å². The lowest BCUT2D eigenvalue weighted by molar-refractivity contribution is 0.102. The van der Waals surface area contributed by atoms with E-state index in [1.54, 1.807) is 31.3 Å². The van der Waals surface area contributed by atoms with Crippen LogP contribution in [0.1, 0.15) is 49.0 Å². The molecule has 1 aliphatic heterocycles. The van der Waals surface area contributed by atoms with Crippen LogP contribution in [0.15, 0.2) is 78.9 Å². The van der Waals surface area contributed by atoms with Gasteiger partial charge in [-0.2, -0.15) is 0 Å². The van der Waals surface area contributed by atoms with Crippen LogP contribution >= 0.6 is 0 Å². The normalized spacial score (nSPS) is 17.9. The van der Waals surface area contributed by atoms with E-state index in [2.05, 4.69) is 24.1 Å². The molecule has 0 spiro atoms. The molecule has 1 N–H and O–H groups in total. The largest absolute Gasteiger partial charge is 0.419 e. The van der Waals surface area contributed by atoms with Crippen molar-refractivity contribution in [1.29, 1.82) is 0 Å². The van der Waals surface area contributed by atoms with Crippen LogP contribution in [0.25, 0.3) is 0 Å². The minimum Gasteiger partial charge on any atom is -0.410 e. The van der Waals surface area contributed by atoms with Gasteiger partial charge in [-0.05, 0) is 87.2 Å². The van der Waals surface area contributed by atoms with Gasteiger partial charge in [0.25, 0.3) is 5.91 Å². The zero-order valence-corrected chi connectivity index (χ0v) is 21.3. The van der Waals surface area contributed by atoms with E-state index in [4.69, 9.17) is 4.74 Å². The molecule has 0 aromatic heterocycles. The molecule has 1 heterocycles. The summed E-state index contributed by atoms with van der Waals surface area (Å²) in [5.41, 5.74) is 3.22. The minimum atomic E-state index is -0.484. The Balaban J connectivity index is 1.28. The number of likely N-dealkylation sites (tertiary alicyclic amines) is 1. The van der Waals surface area contributed by atoms with E-state index < -0.39 is 6.09 Å². The summed E-state index contributed by atoms with van der Waals surface area (Å²) in [5.74, 6) is 0.232. The third kappa shape index (κ3) is 6.52. The van der Waals surface area contributed by atoms with Crippen LogP contribution in [0.2, 0.25) is 0 Å². The Hall–Kier alpha value is -3.64. The molecular weight excluding hydrogens is 450 g/mol. The molecule has 6 nitrogen and oxygen atoms in total. The van der Waals surface area contributed by atoms with Gasteiger partial charge in [-0.15, -0.1) is 0 Å². The van der Waals surface area contributed by atoms with Crippen molar-refractivity contribution >= 4 is 23.4 Å². The van der Waals surface area contributed by atoms with Gasteiger partial charge >= 0.3 is 6.09 Å². The van der Waals surface area contributed by atoms with E-state index in [-0.39, 0.29) is 5.91 Å². The van der Waals surface area contributed by atoms with Crippen LogP contribution in [0.5, 0.6) is 5.75 Å². The highest BCUT2D eigenvalue weighted by Gasteiger charge is 2.24. The van der Waals surface area contributed by atoms with Gasteiger partial charge in [0.2, 0.25) is 0 Å². The standard InChI is InChI=1S/C30H35N3O3/c1-22-8-7-9-23(2)33(22)21-20-24-12-14-25(15-13-24)29(34)31-26-16-18-28(19-17-26)36-30(35)32(3)27-10-5-4-6-11-27/h4-6,10-19,22-23H,7-9,20-21H2,1-3H3,(H,31,34). The molecule has 2 unspecified atom stereocenters. The lowest BCUT2D eigenvalue weighted by Crippen LogP contribution is -2.44. The van der Waals surface area contributed by atoms with E-state index in [0.717, 1.165) is 18.7 Å². The van der Waals surface area contributed by atoms with Gasteiger partial charge in [0.15, 0.2) is 0 Å². The zero-order valence-electron chi connectivity index (χ0n) is 21.3. The monoisotopic (exact) mass is 485 g/mol. The summed E-state index contributed by atoms with van der Waals surface area (Å²) >= 11 is 0. The molecule has 0 bridgehead atoms. The summed E-state index contributed by atoms with van der Waals surface area (Å²) < 4.78 is 5.44. The van der Waals surface area contributed by atoms with Crippen molar-refractivity contribution in [2.24, 2.45) is 0 Å². The number of hydrogen-bond acceptors (Lipinski definition) is 4. The van der Waals surface area contributed by atoms with Gasteiger partial charge in [0.1, 0.15) is 5.75 Å². The van der Waals surface area contributed by atoms with Crippen molar-refractivity contribution < 1.29 is 14.3 Å². The summed E-state index contributed by atoms with van der Waals surface area (Å²) in [6.45, 7) is 5.69. The third-order valence-corrected chi connectivity index (χ3v) is 6.99. The van der Waals surface area contributed by atoms with Crippen LogP contribution in [-0.2, 0) is 6.42 Å². The molecule has 3 aromatic carbocycles. The van der Waals surface area contributed by atoms with Gasteiger partial charge in [0, 0.05) is 42.6 Å². The number of ether oxygens (including phenoxy) is 1. The maximum atomic E-state index is 12.7. The second kappa shape index (κ2) is 11.9. The zero-order chi connectivity index (χ0) is 25.5. The van der Waals surface area contributed by atoms with Crippen molar-refractivity contribution in [1.82, 2.24) is 4.90 Å². The highest BCUT2D eigenvalue weighted by Crippen LogP contribution is 2.23. The number of para-hydroxylation sites is 1. The molecule has 3 aromatic rings. The van der Waals surface area contributed by atoms with Crippen molar-refractivity contribution in [3.05, 3.63) is 90.0 Å². The summed E-state index contributed by atoms with van der Waals surface area (Å²) in [4.78, 5) is 29.1. The molecule has 2 atom stereocenters. The number of hydrogen-bond donors (Lipinski definition) is 1. The molecule has 36 heavy (non-hydrogen) atoms. The third-order valence-electron chi connectivity index (χ3n) is 6.99. The van der Waals surface area contributed by atoms with Gasteiger partial charge in [0.05, 0.1) is 0 Å². The van der Waals surface area contributed by atoms with Crippen LogP contribution in [0.4, 0.5) is 16.2 Å². The average molecular weight is 486 g/mol. The fraction of sp³-hybridized carbons (Fsp3) is 0.333. The molecule has 0 radical (unpaired) electrons. The first-order valence-electron chi connectivity index (χ1n) is 12.7. The van der Waals surface area contributed by atoms with Crippen LogP contribution < -0.4 is 15.0 Å². The lowest BCUT2D eigenvalue weighted by atomic mass is 9.96. The smallest absolute Gasteiger partial charge is 0.410 e. The number of amides is 2. The second-order valence-corrected chi connectivity index (χ2v) is 9.55. The number of nitrogens with one attached hydrogen (secondary N) is 1. The summed E-state index contributed by atoms with van der Waals surface area (Å²) in [6.07, 6.45) is 4.37. The molecule has 2 amide bonds. The molecule has 1 saturated heterocycles. The Morgan fingerprint density at radius 2 is 1.56 bits per heavy atom. The molecule has 6 heteroatoms. The number of anilines is 2. The topological polar surface area (TPSA) is 61.9 Å². The minimum absolute atomic E-state index is 0.173. The Morgan fingerprint density at radius 3 is 2.19 bits per heavy atom. The molecule has 0 saturated carbocycles. The SMILES string of the molecule is CC1CCCC(C)N1CCc1ccc(C(=O)Nc2ccc(OC(=O)N(C)c3ccccc3)cc2)cc1. The van der Waals surface area contributed by atoms with E-state index >= 15 is 0 Å². The van der Waals surface area contributed by atoms with Gasteiger partial charge in [-0.1, -0.05) is 36.8 Å². The highest BCUT2D eigenvalue weighted by atomic mass is 16.6. The molecular formula is C30H35N3O3. The average Bonchev–Trinajstić information content (AvgIpc) is 2.90. The molecule has 4 rings (SSSR count). The first-order chi connectivity index (χ1) is 17.4. The van der Waals surface area contributed by atoms with E-state index in [1.807, 2.05) is 54.6 Å². The number of nitrogens with zero attached hydrogens (tertiary/aromatic N) is 2. The Labute approximate surface area is 213 Å². The maximum absolute atomic E-state index is 12.7. The fourth-order valence-corrected chi connectivity index (χ4v) is 4.73. The van der Waals surface area contributed by atoms with Crippen LogP contribution in [0, 0.1) is 0 Å². The van der Waals surface area contributed by atoms with Crippen molar-refractivity contribution in [2.45, 2.75) is 51.6 Å². The van der Waals surface area contributed by atoms with Crippen molar-refractivity contribution in [2.75, 3.05) is 23.8 Å². The number of carbonyl (C=O) groups excluding carboxylic acids is 2. The quantitative estimate of drug-likeness (QED) is 0.422. The van der Waals surface area contributed by atoms with Crippen LogP contribution in [-0.4, -0.2) is 42.6 Å². The maximum Gasteiger partial charge on any atom is 0.419 e. The first-order valence-corrected chi connectivity index (χ1v) is 12.7. The van der Waals surface area contributed by atoms with Gasteiger partial charge in [-0.25, -0.2) is 4.79 Å². The number of piperidine rings is 1. The van der Waals surface area contributed by atoms with Crippen molar-refractivity contribution in [3.63, 3.8) is 0 Å². The predicted molar refractivity (Wildman–Crippen MR) is 145 cm³/mol. The lowest BCUT2D eigenvalue weighted by Gasteiger charge is -2.39. The van der Waals surface area contributed by atoms with Crippen molar-refractivity contribution in [3.8, 4) is 5.75 Å².